The van der Waals surface area contributed by atoms with Crippen LogP contribution in [0.15, 0.2) is 0 Å². The minimum Gasteiger partial charge on any atom is -0.308 e. The predicted molar refractivity (Wildman–Crippen MR) is 72.5 cm³/mol. The van der Waals surface area contributed by atoms with Crippen molar-refractivity contribution in [3.05, 3.63) is 0 Å². The molecule has 0 bridgehead atoms. The molecular weight excluding hydrogens is 246 g/mol. The van der Waals surface area contributed by atoms with E-state index in [0.29, 0.717) is 5.92 Å². The van der Waals surface area contributed by atoms with Gasteiger partial charge in [-0.05, 0) is 38.5 Å². The Labute approximate surface area is 114 Å². The molecule has 1 atom stereocenters. The summed E-state index contributed by atoms with van der Waals surface area (Å²) < 4.78 is 25.9. The summed E-state index contributed by atoms with van der Waals surface area (Å²) in [5, 5.41) is 3.73. The largest absolute Gasteiger partial charge is 0.308 e. The van der Waals surface area contributed by atoms with Crippen LogP contribution in [0.5, 0.6) is 0 Å². The molecule has 0 aromatic rings. The van der Waals surface area contributed by atoms with Crippen molar-refractivity contribution in [3.63, 3.8) is 0 Å². The minimum absolute atomic E-state index is 0.0169. The van der Waals surface area contributed by atoms with Gasteiger partial charge in [0.2, 0.25) is 0 Å². The first-order valence-corrected chi connectivity index (χ1v) is 7.82. The summed E-state index contributed by atoms with van der Waals surface area (Å²) >= 11 is 0. The van der Waals surface area contributed by atoms with E-state index in [2.05, 4.69) is 17.1 Å². The summed E-state index contributed by atoms with van der Waals surface area (Å²) in [5.74, 6) is 0.702. The average molecular weight is 272 g/mol. The lowest BCUT2D eigenvalue weighted by atomic mass is 9.76. The van der Waals surface area contributed by atoms with Gasteiger partial charge in [0.15, 0.2) is 0 Å². The lowest BCUT2D eigenvalue weighted by Gasteiger charge is -2.55. The van der Waals surface area contributed by atoms with Crippen LogP contribution in [0.4, 0.5) is 8.78 Å². The van der Waals surface area contributed by atoms with Gasteiger partial charge in [-0.1, -0.05) is 19.3 Å². The molecule has 1 heterocycles. The van der Waals surface area contributed by atoms with Gasteiger partial charge >= 0.3 is 0 Å². The first-order valence-electron chi connectivity index (χ1n) is 7.82. The molecule has 3 aliphatic rings. The molecule has 2 saturated carbocycles. The number of rotatable bonds is 3. The zero-order valence-electron chi connectivity index (χ0n) is 11.9. The summed E-state index contributed by atoms with van der Waals surface area (Å²) in [4.78, 5) is 2.14. The van der Waals surface area contributed by atoms with Crippen molar-refractivity contribution >= 4 is 0 Å². The fourth-order valence-corrected chi connectivity index (χ4v) is 4.22. The molecular formula is C15H26F2N2. The first kappa shape index (κ1) is 13.7. The maximum atomic E-state index is 13.0. The molecule has 0 radical (unpaired) electrons. The van der Waals surface area contributed by atoms with Crippen LogP contribution in [-0.4, -0.2) is 42.0 Å². The Bertz CT molecular complexity index is 324. The van der Waals surface area contributed by atoms with Gasteiger partial charge < -0.3 is 5.32 Å². The van der Waals surface area contributed by atoms with E-state index in [0.717, 1.165) is 25.9 Å². The smallest absolute Gasteiger partial charge is 0.251 e. The zero-order chi connectivity index (χ0) is 13.5. The van der Waals surface area contributed by atoms with E-state index in [4.69, 9.17) is 0 Å². The van der Waals surface area contributed by atoms with Crippen molar-refractivity contribution in [3.8, 4) is 0 Å². The van der Waals surface area contributed by atoms with Gasteiger partial charge in [-0.15, -0.1) is 0 Å². The Balaban J connectivity index is 1.76. The quantitative estimate of drug-likeness (QED) is 0.849. The number of halogens is 2. The summed E-state index contributed by atoms with van der Waals surface area (Å²) in [5.41, 5.74) is 0.0840. The number of piperazine rings is 1. The molecule has 1 N–H and O–H groups in total. The lowest BCUT2D eigenvalue weighted by molar-refractivity contribution is -0.0509. The van der Waals surface area contributed by atoms with Crippen LogP contribution in [0.25, 0.3) is 0 Å². The van der Waals surface area contributed by atoms with Gasteiger partial charge in [-0.2, -0.15) is 0 Å². The molecule has 0 aromatic carbocycles. The van der Waals surface area contributed by atoms with Crippen molar-refractivity contribution in [1.29, 1.82) is 0 Å². The zero-order valence-corrected chi connectivity index (χ0v) is 11.9. The molecule has 19 heavy (non-hydrogen) atoms. The van der Waals surface area contributed by atoms with E-state index in [9.17, 15) is 8.78 Å². The second-order valence-corrected chi connectivity index (χ2v) is 7.10. The van der Waals surface area contributed by atoms with Crippen molar-refractivity contribution in [1.82, 2.24) is 10.2 Å². The second kappa shape index (κ2) is 4.96. The highest BCUT2D eigenvalue weighted by Crippen LogP contribution is 2.45. The third-order valence-corrected chi connectivity index (χ3v) is 5.63. The number of nitrogens with zero attached hydrogens (tertiary/aromatic N) is 1. The van der Waals surface area contributed by atoms with Gasteiger partial charge in [0.25, 0.3) is 6.43 Å². The van der Waals surface area contributed by atoms with Crippen molar-refractivity contribution in [2.75, 3.05) is 19.6 Å². The normalized spacial score (nSPS) is 36.0. The van der Waals surface area contributed by atoms with Crippen LogP contribution >= 0.6 is 0 Å². The van der Waals surface area contributed by atoms with Crippen molar-refractivity contribution in [2.45, 2.75) is 69.4 Å². The summed E-state index contributed by atoms with van der Waals surface area (Å²) in [6.45, 7) is 3.91. The van der Waals surface area contributed by atoms with E-state index < -0.39 is 6.43 Å². The molecule has 1 aliphatic heterocycles. The monoisotopic (exact) mass is 272 g/mol. The van der Waals surface area contributed by atoms with E-state index in [1.807, 2.05) is 0 Å². The third-order valence-electron chi connectivity index (χ3n) is 5.63. The Kier molecular flexibility index (Phi) is 3.59. The number of alkyl halides is 2. The number of nitrogens with one attached hydrogen (secondary N) is 1. The van der Waals surface area contributed by atoms with Gasteiger partial charge in [0.1, 0.15) is 0 Å². The molecule has 2 aliphatic carbocycles. The molecule has 1 unspecified atom stereocenters. The van der Waals surface area contributed by atoms with Crippen LogP contribution in [0.2, 0.25) is 0 Å². The Morgan fingerprint density at radius 3 is 2.47 bits per heavy atom. The number of hydrogen-bond donors (Lipinski definition) is 1. The van der Waals surface area contributed by atoms with Crippen LogP contribution in [-0.2, 0) is 0 Å². The van der Waals surface area contributed by atoms with Gasteiger partial charge in [0.05, 0.1) is 6.54 Å². The molecule has 0 aromatic heterocycles. The molecule has 1 spiro atoms. The van der Waals surface area contributed by atoms with E-state index in [1.54, 1.807) is 0 Å². The highest BCUT2D eigenvalue weighted by molar-refractivity contribution is 5.09. The molecule has 0 amide bonds. The fraction of sp³-hybridized carbons (Fsp3) is 1.00. The van der Waals surface area contributed by atoms with Crippen LogP contribution in [0.1, 0.15) is 51.9 Å². The Morgan fingerprint density at radius 1 is 1.21 bits per heavy atom. The Hall–Kier alpha value is -0.220. The molecule has 4 heteroatoms. The first-order chi connectivity index (χ1) is 9.04. The van der Waals surface area contributed by atoms with Gasteiger partial charge in [-0.3, -0.25) is 4.90 Å². The molecule has 3 fully saturated rings. The fourth-order valence-electron chi connectivity index (χ4n) is 4.22. The van der Waals surface area contributed by atoms with Gasteiger partial charge in [0, 0.05) is 24.2 Å². The summed E-state index contributed by atoms with van der Waals surface area (Å²) in [6.07, 6.45) is 6.16. The van der Waals surface area contributed by atoms with E-state index in [1.165, 1.54) is 32.1 Å². The van der Waals surface area contributed by atoms with Crippen molar-refractivity contribution in [2.24, 2.45) is 5.92 Å². The maximum absolute atomic E-state index is 13.0. The van der Waals surface area contributed by atoms with Crippen molar-refractivity contribution < 1.29 is 8.78 Å². The summed E-state index contributed by atoms with van der Waals surface area (Å²) in [7, 11) is 0. The lowest BCUT2D eigenvalue weighted by Crippen LogP contribution is -2.70. The van der Waals surface area contributed by atoms with Crippen LogP contribution < -0.4 is 5.32 Å². The van der Waals surface area contributed by atoms with Gasteiger partial charge in [-0.25, -0.2) is 8.78 Å². The maximum Gasteiger partial charge on any atom is 0.251 e. The number of hydrogen-bond acceptors (Lipinski definition) is 2. The SMILES string of the molecule is CC1(C2CC2)CN(CC(F)F)C2(CCCCC2)CN1. The predicted octanol–water partition coefficient (Wildman–Crippen LogP) is 3.03. The van der Waals surface area contributed by atoms with Crippen LogP contribution in [0.3, 0.4) is 0 Å². The van der Waals surface area contributed by atoms with Crippen LogP contribution in [0, 0.1) is 5.92 Å². The molecule has 1 saturated heterocycles. The summed E-state index contributed by atoms with van der Waals surface area (Å²) in [6, 6.07) is 0. The average Bonchev–Trinajstić information content (AvgIpc) is 3.20. The molecule has 3 rings (SSSR count). The standard InChI is InChI=1S/C15H26F2N2/c1-14(12-5-6-12)11-19(9-13(16)17)15(10-18-14)7-3-2-4-8-15/h12-13,18H,2-11H2,1H3. The second-order valence-electron chi connectivity index (χ2n) is 7.10. The Morgan fingerprint density at radius 2 is 1.89 bits per heavy atom. The topological polar surface area (TPSA) is 15.3 Å². The third kappa shape index (κ3) is 2.66. The molecule has 110 valence electrons. The van der Waals surface area contributed by atoms with E-state index in [-0.39, 0.29) is 17.6 Å². The minimum atomic E-state index is -2.21. The molecule has 2 nitrogen and oxygen atoms in total. The highest BCUT2D eigenvalue weighted by Gasteiger charge is 2.51. The highest BCUT2D eigenvalue weighted by atomic mass is 19.3. The van der Waals surface area contributed by atoms with E-state index >= 15 is 0 Å².